The van der Waals surface area contributed by atoms with Gasteiger partial charge in [-0.3, -0.25) is 9.59 Å². The predicted octanol–water partition coefficient (Wildman–Crippen LogP) is 1.00. The molecule has 0 aromatic carbocycles. The first-order valence-electron chi connectivity index (χ1n) is 5.14. The molecule has 4 nitrogen and oxygen atoms in total. The second kappa shape index (κ2) is 5.07. The van der Waals surface area contributed by atoms with Crippen LogP contribution in [-0.4, -0.2) is 30.6 Å². The van der Waals surface area contributed by atoms with Gasteiger partial charge in [-0.05, 0) is 24.8 Å². The largest absolute Gasteiger partial charge is 0.468 e. The van der Waals surface area contributed by atoms with Gasteiger partial charge in [-0.25, -0.2) is 0 Å². The maximum absolute atomic E-state index is 11.6. The number of allylic oxidation sites excluding steroid dienone is 1. The number of ether oxygens (including phenoxy) is 1. The van der Waals surface area contributed by atoms with Gasteiger partial charge in [-0.1, -0.05) is 12.2 Å². The number of hydrogen-bond donors (Lipinski definition) is 1. The molecule has 0 saturated carbocycles. The van der Waals surface area contributed by atoms with Crippen LogP contribution >= 0.6 is 0 Å². The highest BCUT2D eigenvalue weighted by Crippen LogP contribution is 2.37. The normalized spacial score (nSPS) is 24.5. The number of Topliss-reactive ketones (excluding diaryl/α,β-unsaturated/α-hetero) is 1. The summed E-state index contributed by atoms with van der Waals surface area (Å²) in [5.74, 6) is -0.600. The average Bonchev–Trinajstić information content (AvgIpc) is 2.36. The van der Waals surface area contributed by atoms with Crippen molar-refractivity contribution in [3.8, 4) is 0 Å². The second-order valence-electron chi connectivity index (χ2n) is 3.87. The molecule has 0 spiro atoms. The molecule has 88 valence electrons. The minimum atomic E-state index is -0.714. The molecule has 0 bridgehead atoms. The number of carbonyl (C=O) groups is 2. The summed E-state index contributed by atoms with van der Waals surface area (Å²) in [6.45, 7) is 3.17. The van der Waals surface area contributed by atoms with Crippen LogP contribution in [0.5, 0.6) is 0 Å². The lowest BCUT2D eigenvalue weighted by Crippen LogP contribution is -2.32. The number of carbonyl (C=O) groups excluding carboxylic acids is 2. The predicted molar refractivity (Wildman–Crippen MR) is 58.7 cm³/mol. The van der Waals surface area contributed by atoms with Gasteiger partial charge in [0.1, 0.15) is 6.61 Å². The fraction of sp³-hybridized carbons (Fsp3) is 0.500. The first-order valence-corrected chi connectivity index (χ1v) is 5.14. The van der Waals surface area contributed by atoms with Gasteiger partial charge in [0.15, 0.2) is 5.78 Å². The van der Waals surface area contributed by atoms with Crippen LogP contribution in [0, 0.1) is 5.41 Å². The van der Waals surface area contributed by atoms with Crippen LogP contribution in [0.1, 0.15) is 19.3 Å². The van der Waals surface area contributed by atoms with Crippen molar-refractivity contribution in [2.24, 2.45) is 5.41 Å². The van der Waals surface area contributed by atoms with Crippen molar-refractivity contribution in [3.05, 3.63) is 24.3 Å². The lowest BCUT2D eigenvalue weighted by Gasteiger charge is -2.30. The maximum atomic E-state index is 11.6. The smallest absolute Gasteiger partial charge is 0.315 e. The Morgan fingerprint density at radius 1 is 1.69 bits per heavy atom. The molecule has 1 rings (SSSR count). The molecule has 1 aliphatic carbocycles. The van der Waals surface area contributed by atoms with E-state index in [1.165, 1.54) is 7.11 Å². The third-order valence-electron chi connectivity index (χ3n) is 3.04. The highest BCUT2D eigenvalue weighted by molar-refractivity contribution is 5.96. The van der Waals surface area contributed by atoms with Crippen molar-refractivity contribution in [1.29, 1.82) is 0 Å². The van der Waals surface area contributed by atoms with Gasteiger partial charge in [0.05, 0.1) is 12.5 Å². The summed E-state index contributed by atoms with van der Waals surface area (Å²) in [6.07, 6.45) is 4.65. The standard InChI is InChI=1S/C12H16O4/c1-3-12(11(15)16-2)6-4-9(5-7-12)10(14)8-13/h3-4,13H,1,5-8H2,2H3. The zero-order valence-electron chi connectivity index (χ0n) is 9.36. The Morgan fingerprint density at radius 2 is 2.38 bits per heavy atom. The Kier molecular flexibility index (Phi) is 4.01. The van der Waals surface area contributed by atoms with Crippen molar-refractivity contribution in [1.82, 2.24) is 0 Å². The fourth-order valence-corrected chi connectivity index (χ4v) is 1.88. The summed E-state index contributed by atoms with van der Waals surface area (Å²) >= 11 is 0. The molecule has 0 radical (unpaired) electrons. The first-order chi connectivity index (χ1) is 7.59. The number of rotatable bonds is 4. The molecule has 1 atom stereocenters. The molecule has 0 aliphatic heterocycles. The summed E-state index contributed by atoms with van der Waals surface area (Å²) in [6, 6.07) is 0. The minimum Gasteiger partial charge on any atom is -0.468 e. The number of ketones is 1. The molecule has 0 amide bonds. The molecular weight excluding hydrogens is 208 g/mol. The van der Waals surface area contributed by atoms with E-state index in [0.29, 0.717) is 24.8 Å². The highest BCUT2D eigenvalue weighted by atomic mass is 16.5. The summed E-state index contributed by atoms with van der Waals surface area (Å²) in [5, 5.41) is 8.73. The van der Waals surface area contributed by atoms with Crippen molar-refractivity contribution < 1.29 is 19.4 Å². The van der Waals surface area contributed by atoms with Gasteiger partial charge >= 0.3 is 5.97 Å². The number of aliphatic hydroxyl groups is 1. The van der Waals surface area contributed by atoms with E-state index < -0.39 is 12.0 Å². The van der Waals surface area contributed by atoms with Crippen LogP contribution in [0.3, 0.4) is 0 Å². The average molecular weight is 224 g/mol. The van der Waals surface area contributed by atoms with Crippen LogP contribution in [0.25, 0.3) is 0 Å². The van der Waals surface area contributed by atoms with Gasteiger partial charge in [0, 0.05) is 0 Å². The Balaban J connectivity index is 2.85. The van der Waals surface area contributed by atoms with Gasteiger partial charge in [-0.2, -0.15) is 0 Å². The zero-order valence-corrected chi connectivity index (χ0v) is 9.36. The molecule has 1 aliphatic rings. The van der Waals surface area contributed by atoms with Crippen LogP contribution in [0.4, 0.5) is 0 Å². The quantitative estimate of drug-likeness (QED) is 0.571. The summed E-state index contributed by atoms with van der Waals surface area (Å²) < 4.78 is 4.73. The van der Waals surface area contributed by atoms with E-state index in [0.717, 1.165) is 0 Å². The van der Waals surface area contributed by atoms with E-state index in [1.54, 1.807) is 12.2 Å². The SMILES string of the molecule is C=CC1(C(=O)OC)CC=C(C(=O)CO)CC1. The highest BCUT2D eigenvalue weighted by Gasteiger charge is 2.38. The fourth-order valence-electron chi connectivity index (χ4n) is 1.88. The molecule has 0 saturated heterocycles. The molecule has 4 heteroatoms. The van der Waals surface area contributed by atoms with Crippen LogP contribution in [-0.2, 0) is 14.3 Å². The number of esters is 1. The Bertz CT molecular complexity index is 343. The van der Waals surface area contributed by atoms with E-state index in [1.807, 2.05) is 0 Å². The Hall–Kier alpha value is -1.42. The van der Waals surface area contributed by atoms with E-state index in [-0.39, 0.29) is 11.8 Å². The molecule has 1 unspecified atom stereocenters. The summed E-state index contributed by atoms with van der Waals surface area (Å²) in [5.41, 5.74) is -0.127. The molecule has 0 heterocycles. The topological polar surface area (TPSA) is 63.6 Å². The number of aliphatic hydroxyl groups excluding tert-OH is 1. The molecule has 16 heavy (non-hydrogen) atoms. The Labute approximate surface area is 94.6 Å². The minimum absolute atomic E-state index is 0.275. The maximum Gasteiger partial charge on any atom is 0.315 e. The molecule has 0 aromatic rings. The first kappa shape index (κ1) is 12.6. The van der Waals surface area contributed by atoms with E-state index in [4.69, 9.17) is 9.84 Å². The third kappa shape index (κ3) is 2.22. The van der Waals surface area contributed by atoms with E-state index >= 15 is 0 Å². The van der Waals surface area contributed by atoms with Crippen molar-refractivity contribution in [3.63, 3.8) is 0 Å². The van der Waals surface area contributed by atoms with Crippen LogP contribution in [0.2, 0.25) is 0 Å². The van der Waals surface area contributed by atoms with Crippen molar-refractivity contribution in [2.75, 3.05) is 13.7 Å². The zero-order chi connectivity index (χ0) is 12.2. The number of hydrogen-bond acceptors (Lipinski definition) is 4. The third-order valence-corrected chi connectivity index (χ3v) is 3.04. The van der Waals surface area contributed by atoms with Gasteiger partial charge in [-0.15, -0.1) is 6.58 Å². The summed E-state index contributed by atoms with van der Waals surface area (Å²) in [7, 11) is 1.34. The second-order valence-corrected chi connectivity index (χ2v) is 3.87. The van der Waals surface area contributed by atoms with Crippen LogP contribution in [0.15, 0.2) is 24.3 Å². The van der Waals surface area contributed by atoms with Gasteiger partial charge < -0.3 is 9.84 Å². The van der Waals surface area contributed by atoms with Crippen molar-refractivity contribution >= 4 is 11.8 Å². The monoisotopic (exact) mass is 224 g/mol. The molecule has 0 aromatic heterocycles. The molecule has 1 N–H and O–H groups in total. The number of methoxy groups -OCH3 is 1. The lowest BCUT2D eigenvalue weighted by molar-refractivity contribution is -0.150. The lowest BCUT2D eigenvalue weighted by atomic mass is 9.74. The van der Waals surface area contributed by atoms with Gasteiger partial charge in [0.2, 0.25) is 0 Å². The molecule has 0 fully saturated rings. The Morgan fingerprint density at radius 3 is 2.75 bits per heavy atom. The van der Waals surface area contributed by atoms with Gasteiger partial charge in [0.25, 0.3) is 0 Å². The van der Waals surface area contributed by atoms with Crippen molar-refractivity contribution in [2.45, 2.75) is 19.3 Å². The van der Waals surface area contributed by atoms with E-state index in [9.17, 15) is 9.59 Å². The van der Waals surface area contributed by atoms with Crippen LogP contribution < -0.4 is 0 Å². The van der Waals surface area contributed by atoms with E-state index in [2.05, 4.69) is 6.58 Å². The summed E-state index contributed by atoms with van der Waals surface area (Å²) in [4.78, 5) is 22.9. The molecular formula is C12H16O4.